The Labute approximate surface area is 210 Å². The van der Waals surface area contributed by atoms with E-state index in [1.54, 1.807) is 13.0 Å². The Morgan fingerprint density at radius 3 is 2.27 bits per heavy atom. The van der Waals surface area contributed by atoms with Crippen LogP contribution in [0.4, 0.5) is 18.9 Å². The summed E-state index contributed by atoms with van der Waals surface area (Å²) in [5.74, 6) is -2.10. The van der Waals surface area contributed by atoms with Gasteiger partial charge < -0.3 is 15.2 Å². The molecule has 37 heavy (non-hydrogen) atoms. The van der Waals surface area contributed by atoms with Crippen LogP contribution in [-0.4, -0.2) is 32.0 Å². The second-order valence-corrected chi connectivity index (χ2v) is 9.62. The lowest BCUT2D eigenvalue weighted by molar-refractivity contribution is -0.139. The third-order valence-electron chi connectivity index (χ3n) is 5.44. The molecule has 0 aliphatic carbocycles. The first kappa shape index (κ1) is 27.7. The number of benzene rings is 3. The highest BCUT2D eigenvalue weighted by Gasteiger charge is 2.34. The van der Waals surface area contributed by atoms with E-state index >= 15 is 0 Å². The number of hydrogen-bond acceptors (Lipinski definition) is 5. The van der Waals surface area contributed by atoms with E-state index in [0.29, 0.717) is 17.7 Å². The molecule has 0 unspecified atom stereocenters. The average molecular weight is 537 g/mol. The summed E-state index contributed by atoms with van der Waals surface area (Å²) in [5.41, 5.74) is 0.466. The molecule has 12 heteroatoms. The largest absolute Gasteiger partial charge is 0.482 e. The fourth-order valence-electron chi connectivity index (χ4n) is 3.77. The molecule has 0 aliphatic heterocycles. The van der Waals surface area contributed by atoms with Crippen LogP contribution in [0.5, 0.6) is 5.75 Å². The summed E-state index contributed by atoms with van der Waals surface area (Å²) in [4.78, 5) is 23.3. The minimum Gasteiger partial charge on any atom is -0.482 e. The molecule has 3 rings (SSSR count). The number of nitrogens with two attached hydrogens (primary N) is 1. The molecule has 0 atom stereocenters. The van der Waals surface area contributed by atoms with Gasteiger partial charge in [-0.15, -0.1) is 0 Å². The number of ether oxygens (including phenoxy) is 1. The molecular formula is C25H23F3N2O6S. The molecule has 0 radical (unpaired) electrons. The van der Waals surface area contributed by atoms with Gasteiger partial charge in [0.2, 0.25) is 10.0 Å². The van der Waals surface area contributed by atoms with Gasteiger partial charge in [-0.2, -0.15) is 13.2 Å². The van der Waals surface area contributed by atoms with E-state index in [9.17, 15) is 31.2 Å². The Morgan fingerprint density at radius 1 is 1.03 bits per heavy atom. The number of aliphatic carboxylic acids is 1. The molecule has 3 aromatic carbocycles. The van der Waals surface area contributed by atoms with E-state index in [-0.39, 0.29) is 32.9 Å². The van der Waals surface area contributed by atoms with Crippen LogP contribution in [0.25, 0.3) is 11.1 Å². The van der Waals surface area contributed by atoms with Crippen LogP contribution >= 0.6 is 0 Å². The second-order valence-electron chi connectivity index (χ2n) is 8.09. The van der Waals surface area contributed by atoms with Crippen LogP contribution in [0.3, 0.4) is 0 Å². The van der Waals surface area contributed by atoms with Gasteiger partial charge in [0.05, 0.1) is 10.5 Å². The summed E-state index contributed by atoms with van der Waals surface area (Å²) in [6.45, 7) is 2.46. The molecule has 0 fully saturated rings. The molecule has 0 heterocycles. The zero-order chi connectivity index (χ0) is 27.5. The number of alkyl halides is 3. The van der Waals surface area contributed by atoms with Gasteiger partial charge in [-0.1, -0.05) is 19.1 Å². The van der Waals surface area contributed by atoms with Crippen LogP contribution in [0.1, 0.15) is 34.0 Å². The highest BCUT2D eigenvalue weighted by molar-refractivity contribution is 7.89. The third-order valence-corrected chi connectivity index (χ3v) is 6.51. The number of anilines is 1. The van der Waals surface area contributed by atoms with Crippen molar-refractivity contribution in [1.29, 1.82) is 0 Å². The SMILES string of the molecule is CCc1cc(NC(=O)c2ccc(S(N)(=O)=O)c(C)c2)ccc1-c1ccc(OCC(=O)O)cc1C(F)(F)F. The number of rotatable bonds is 8. The number of aryl methyl sites for hydroxylation is 2. The first-order valence-corrected chi connectivity index (χ1v) is 12.4. The maximum Gasteiger partial charge on any atom is 0.417 e. The number of carboxylic acids is 1. The monoisotopic (exact) mass is 536 g/mol. The molecule has 196 valence electrons. The normalized spacial score (nSPS) is 11.7. The smallest absolute Gasteiger partial charge is 0.417 e. The van der Waals surface area contributed by atoms with Gasteiger partial charge in [0, 0.05) is 11.3 Å². The number of hydrogen-bond donors (Lipinski definition) is 3. The summed E-state index contributed by atoms with van der Waals surface area (Å²) in [6.07, 6.45) is -4.40. The number of primary sulfonamides is 1. The minimum atomic E-state index is -4.74. The molecule has 8 nitrogen and oxygen atoms in total. The minimum absolute atomic E-state index is 0.110. The molecule has 0 aromatic heterocycles. The lowest BCUT2D eigenvalue weighted by Gasteiger charge is -2.18. The molecule has 1 amide bonds. The van der Waals surface area contributed by atoms with E-state index in [0.717, 1.165) is 6.07 Å². The Balaban J connectivity index is 1.94. The Bertz CT molecular complexity index is 1470. The predicted octanol–water partition coefficient (Wildman–Crippen LogP) is 4.61. The molecule has 0 spiro atoms. The van der Waals surface area contributed by atoms with E-state index in [4.69, 9.17) is 15.0 Å². The van der Waals surface area contributed by atoms with Crippen molar-refractivity contribution in [1.82, 2.24) is 0 Å². The van der Waals surface area contributed by atoms with Crippen molar-refractivity contribution in [2.45, 2.75) is 31.3 Å². The van der Waals surface area contributed by atoms with E-state index < -0.39 is 40.2 Å². The fraction of sp³-hybridized carbons (Fsp3) is 0.200. The van der Waals surface area contributed by atoms with Crippen molar-refractivity contribution in [3.63, 3.8) is 0 Å². The second kappa shape index (κ2) is 10.6. The van der Waals surface area contributed by atoms with Gasteiger partial charge in [-0.3, -0.25) is 4.79 Å². The summed E-state index contributed by atoms with van der Waals surface area (Å²) in [7, 11) is -3.94. The maximum absolute atomic E-state index is 13.8. The summed E-state index contributed by atoms with van der Waals surface area (Å²) in [5, 5.41) is 16.5. The average Bonchev–Trinajstić information content (AvgIpc) is 2.81. The number of carboxylic acid groups (broad SMARTS) is 1. The van der Waals surface area contributed by atoms with Crippen molar-refractivity contribution in [2.75, 3.05) is 11.9 Å². The molecule has 0 saturated carbocycles. The first-order chi connectivity index (χ1) is 17.2. The van der Waals surface area contributed by atoms with Crippen molar-refractivity contribution in [3.05, 3.63) is 76.9 Å². The van der Waals surface area contributed by atoms with E-state index in [1.807, 2.05) is 0 Å². The number of carbonyl (C=O) groups is 2. The van der Waals surface area contributed by atoms with Crippen LogP contribution in [0.15, 0.2) is 59.5 Å². The highest BCUT2D eigenvalue weighted by atomic mass is 32.2. The summed E-state index contributed by atoms with van der Waals surface area (Å²) in [6, 6.07) is 11.6. The first-order valence-electron chi connectivity index (χ1n) is 10.8. The Morgan fingerprint density at radius 2 is 1.70 bits per heavy atom. The van der Waals surface area contributed by atoms with Crippen molar-refractivity contribution < 1.29 is 41.0 Å². The number of carbonyl (C=O) groups excluding carboxylic acids is 1. The predicted molar refractivity (Wildman–Crippen MR) is 130 cm³/mol. The van der Waals surface area contributed by atoms with Gasteiger partial charge in [0.25, 0.3) is 5.91 Å². The molecule has 4 N–H and O–H groups in total. The summed E-state index contributed by atoms with van der Waals surface area (Å²) >= 11 is 0. The zero-order valence-electron chi connectivity index (χ0n) is 19.7. The van der Waals surface area contributed by atoms with Gasteiger partial charge >= 0.3 is 12.1 Å². The number of sulfonamides is 1. The lowest BCUT2D eigenvalue weighted by Crippen LogP contribution is -2.16. The molecule has 3 aromatic rings. The standard InChI is InChI=1S/C25H23F3N2O6S/c1-3-15-11-17(30-24(33)16-4-9-22(14(2)10-16)37(29,34)35)5-7-19(15)20-8-6-18(36-13-23(31)32)12-21(20)25(26,27)28/h4-12H,3,13H2,1-2H3,(H,30,33)(H,31,32)(H2,29,34,35). The maximum atomic E-state index is 13.8. The zero-order valence-corrected chi connectivity index (χ0v) is 20.5. The third kappa shape index (κ3) is 6.66. The molecule has 0 aliphatic rings. The van der Waals surface area contributed by atoms with Crippen molar-refractivity contribution >= 4 is 27.6 Å². The van der Waals surface area contributed by atoms with Gasteiger partial charge in [-0.05, 0) is 78.1 Å². The molecule has 0 bridgehead atoms. The highest BCUT2D eigenvalue weighted by Crippen LogP contribution is 2.41. The fourth-order valence-corrected chi connectivity index (χ4v) is 4.53. The van der Waals surface area contributed by atoms with Crippen LogP contribution in [-0.2, 0) is 27.4 Å². The van der Waals surface area contributed by atoms with Gasteiger partial charge in [0.1, 0.15) is 5.75 Å². The van der Waals surface area contributed by atoms with E-state index in [1.165, 1.54) is 49.4 Å². The van der Waals surface area contributed by atoms with Crippen LogP contribution < -0.4 is 15.2 Å². The van der Waals surface area contributed by atoms with Gasteiger partial charge in [0.15, 0.2) is 6.61 Å². The topological polar surface area (TPSA) is 136 Å². The number of nitrogens with one attached hydrogen (secondary N) is 1. The van der Waals surface area contributed by atoms with Crippen molar-refractivity contribution in [3.8, 4) is 16.9 Å². The Hall–Kier alpha value is -3.90. The van der Waals surface area contributed by atoms with Crippen LogP contribution in [0.2, 0.25) is 0 Å². The summed E-state index contributed by atoms with van der Waals surface area (Å²) < 4.78 is 69.6. The number of halogens is 3. The Kier molecular flexibility index (Phi) is 7.94. The van der Waals surface area contributed by atoms with Crippen molar-refractivity contribution in [2.24, 2.45) is 5.14 Å². The number of amides is 1. The van der Waals surface area contributed by atoms with E-state index in [2.05, 4.69) is 5.32 Å². The molecular weight excluding hydrogens is 513 g/mol. The van der Waals surface area contributed by atoms with Crippen LogP contribution in [0, 0.1) is 6.92 Å². The quantitative estimate of drug-likeness (QED) is 0.385. The lowest BCUT2D eigenvalue weighted by atomic mass is 9.93. The molecule has 0 saturated heterocycles. The van der Waals surface area contributed by atoms with Gasteiger partial charge in [-0.25, -0.2) is 18.4 Å².